The van der Waals surface area contributed by atoms with Crippen molar-refractivity contribution in [1.29, 1.82) is 0 Å². The molecule has 2 aromatic carbocycles. The zero-order chi connectivity index (χ0) is 14.4. The van der Waals surface area contributed by atoms with E-state index in [0.29, 0.717) is 0 Å². The van der Waals surface area contributed by atoms with Gasteiger partial charge in [-0.3, -0.25) is 10.1 Å². The van der Waals surface area contributed by atoms with Crippen LogP contribution in [0.5, 0.6) is 0 Å². The van der Waals surface area contributed by atoms with Crippen molar-refractivity contribution in [3.63, 3.8) is 0 Å². The number of nitrogens with zero attached hydrogens (tertiary/aromatic N) is 1. The van der Waals surface area contributed by atoms with Crippen LogP contribution in [0.15, 0.2) is 65.2 Å². The predicted molar refractivity (Wildman–Crippen MR) is 85.3 cm³/mol. The first-order valence-corrected chi connectivity index (χ1v) is 6.79. The minimum absolute atomic E-state index is 0.100. The van der Waals surface area contributed by atoms with Crippen LogP contribution in [-0.4, -0.2) is 4.92 Å². The minimum atomic E-state index is -0.394. The normalized spacial score (nSPS) is 11.2. The second kappa shape index (κ2) is 6.82. The molecule has 0 aromatic heterocycles. The van der Waals surface area contributed by atoms with E-state index in [9.17, 15) is 10.1 Å². The topological polar surface area (TPSA) is 43.1 Å². The number of allylic oxidation sites excluding steroid dienone is 2. The Morgan fingerprint density at radius 1 is 0.950 bits per heavy atom. The lowest BCUT2D eigenvalue weighted by molar-refractivity contribution is -0.384. The molecule has 0 radical (unpaired) electrons. The van der Waals surface area contributed by atoms with Crippen LogP contribution in [-0.2, 0) is 0 Å². The third-order valence-electron chi connectivity index (χ3n) is 2.62. The third kappa shape index (κ3) is 4.17. The maximum Gasteiger partial charge on any atom is 0.270 e. The Hall–Kier alpha value is -2.20. The van der Waals surface area contributed by atoms with Crippen LogP contribution in [0.4, 0.5) is 5.69 Å². The Bertz CT molecular complexity index is 678. The number of non-ortho nitro benzene ring substituents is 1. The zero-order valence-corrected chi connectivity index (χ0v) is 12.2. The summed E-state index contributed by atoms with van der Waals surface area (Å²) in [6.07, 6.45) is 7.57. The molecule has 0 atom stereocenters. The van der Waals surface area contributed by atoms with Gasteiger partial charge in [0.25, 0.3) is 5.69 Å². The summed E-state index contributed by atoms with van der Waals surface area (Å²) in [7, 11) is 0. The quantitative estimate of drug-likeness (QED) is 0.445. The largest absolute Gasteiger partial charge is 0.270 e. The molecule has 0 aliphatic carbocycles. The molecule has 0 bridgehead atoms. The fourth-order valence-electron chi connectivity index (χ4n) is 1.69. The number of hydrogen-bond donors (Lipinski definition) is 0. The van der Waals surface area contributed by atoms with Crippen LogP contribution in [0.3, 0.4) is 0 Å². The van der Waals surface area contributed by atoms with Gasteiger partial charge in [-0.25, -0.2) is 0 Å². The van der Waals surface area contributed by atoms with Gasteiger partial charge >= 0.3 is 0 Å². The van der Waals surface area contributed by atoms with Gasteiger partial charge in [-0.1, -0.05) is 64.5 Å². The second-order valence-electron chi connectivity index (χ2n) is 4.13. The molecule has 0 unspecified atom stereocenters. The number of nitro groups is 1. The summed E-state index contributed by atoms with van der Waals surface area (Å²) in [6, 6.07) is 14.5. The first kappa shape index (κ1) is 14.2. The van der Waals surface area contributed by atoms with E-state index in [1.54, 1.807) is 12.1 Å². The Balaban J connectivity index is 2.06. The van der Waals surface area contributed by atoms with Crippen LogP contribution in [0.1, 0.15) is 11.1 Å². The van der Waals surface area contributed by atoms with Crippen LogP contribution < -0.4 is 0 Å². The van der Waals surface area contributed by atoms with Gasteiger partial charge in [0.2, 0.25) is 0 Å². The molecule has 0 fully saturated rings. The lowest BCUT2D eigenvalue weighted by atomic mass is 10.1. The van der Waals surface area contributed by atoms with Gasteiger partial charge in [-0.05, 0) is 23.3 Å². The second-order valence-corrected chi connectivity index (χ2v) is 5.04. The van der Waals surface area contributed by atoms with Gasteiger partial charge in [-0.2, -0.15) is 0 Å². The fourth-order valence-corrected chi connectivity index (χ4v) is 2.10. The van der Waals surface area contributed by atoms with Gasteiger partial charge in [0.1, 0.15) is 0 Å². The molecule has 0 spiro atoms. The molecular weight excluding hydrogens is 318 g/mol. The van der Waals surface area contributed by atoms with Crippen molar-refractivity contribution in [2.75, 3.05) is 0 Å². The lowest BCUT2D eigenvalue weighted by Crippen LogP contribution is -1.87. The van der Waals surface area contributed by atoms with Crippen molar-refractivity contribution in [2.45, 2.75) is 0 Å². The fraction of sp³-hybridized carbons (Fsp3) is 0. The van der Waals surface area contributed by atoms with Crippen molar-refractivity contribution in [3.05, 3.63) is 86.4 Å². The predicted octanol–water partition coefficient (Wildman–Crippen LogP) is 5.08. The molecule has 0 saturated heterocycles. The summed E-state index contributed by atoms with van der Waals surface area (Å²) in [5.41, 5.74) is 1.99. The van der Waals surface area contributed by atoms with Crippen molar-refractivity contribution in [3.8, 4) is 0 Å². The van der Waals surface area contributed by atoms with Gasteiger partial charge < -0.3 is 0 Å². The lowest BCUT2D eigenvalue weighted by Gasteiger charge is -1.94. The highest BCUT2D eigenvalue weighted by molar-refractivity contribution is 9.10. The SMILES string of the molecule is O=[N+]([O-])c1cccc(C=CC=Cc2cccc(Br)c2)c1. The standard InChI is InChI=1S/C16H12BrNO2/c17-15-9-3-7-13(11-15)5-1-2-6-14-8-4-10-16(12-14)18(19)20/h1-12H. The number of halogens is 1. The van der Waals surface area contributed by atoms with Crippen LogP contribution in [0, 0.1) is 10.1 Å². The van der Waals surface area contributed by atoms with E-state index in [-0.39, 0.29) is 5.69 Å². The molecule has 0 saturated carbocycles. The van der Waals surface area contributed by atoms with Crippen molar-refractivity contribution >= 4 is 33.8 Å². The van der Waals surface area contributed by atoms with Gasteiger partial charge in [0.05, 0.1) is 4.92 Å². The van der Waals surface area contributed by atoms with Crippen molar-refractivity contribution in [1.82, 2.24) is 0 Å². The summed E-state index contributed by atoms with van der Waals surface area (Å²) in [4.78, 5) is 10.3. The molecule has 3 nitrogen and oxygen atoms in total. The number of nitro benzene ring substituents is 1. The Morgan fingerprint density at radius 2 is 1.55 bits per heavy atom. The number of rotatable bonds is 4. The average molecular weight is 330 g/mol. The first-order chi connectivity index (χ1) is 9.65. The van der Waals surface area contributed by atoms with Crippen LogP contribution >= 0.6 is 15.9 Å². The van der Waals surface area contributed by atoms with Crippen LogP contribution in [0.2, 0.25) is 0 Å². The molecule has 20 heavy (non-hydrogen) atoms. The highest BCUT2D eigenvalue weighted by Crippen LogP contribution is 2.15. The Morgan fingerprint density at radius 3 is 2.15 bits per heavy atom. The molecule has 0 amide bonds. The van der Waals surface area contributed by atoms with E-state index in [4.69, 9.17) is 0 Å². The molecule has 0 N–H and O–H groups in total. The minimum Gasteiger partial charge on any atom is -0.258 e. The molecular formula is C16H12BrNO2. The highest BCUT2D eigenvalue weighted by atomic mass is 79.9. The van der Waals surface area contributed by atoms with Crippen LogP contribution in [0.25, 0.3) is 12.2 Å². The first-order valence-electron chi connectivity index (χ1n) is 6.00. The van der Waals surface area contributed by atoms with E-state index < -0.39 is 4.92 Å². The van der Waals surface area contributed by atoms with Crippen molar-refractivity contribution < 1.29 is 4.92 Å². The summed E-state index contributed by atoms with van der Waals surface area (Å²) < 4.78 is 1.03. The van der Waals surface area contributed by atoms with E-state index in [1.807, 2.05) is 54.6 Å². The van der Waals surface area contributed by atoms with E-state index in [0.717, 1.165) is 15.6 Å². The van der Waals surface area contributed by atoms with Gasteiger partial charge in [0, 0.05) is 16.6 Å². The molecule has 4 heteroatoms. The molecule has 0 heterocycles. The maximum atomic E-state index is 10.7. The summed E-state index contributed by atoms with van der Waals surface area (Å²) in [5, 5.41) is 10.7. The number of benzene rings is 2. The van der Waals surface area contributed by atoms with Gasteiger partial charge in [-0.15, -0.1) is 0 Å². The third-order valence-corrected chi connectivity index (χ3v) is 3.11. The van der Waals surface area contributed by atoms with Gasteiger partial charge in [0.15, 0.2) is 0 Å². The van der Waals surface area contributed by atoms with E-state index in [2.05, 4.69) is 15.9 Å². The monoisotopic (exact) mass is 329 g/mol. The molecule has 2 rings (SSSR count). The summed E-state index contributed by atoms with van der Waals surface area (Å²) >= 11 is 3.41. The molecule has 100 valence electrons. The Labute approximate surface area is 125 Å². The molecule has 0 aliphatic heterocycles. The zero-order valence-electron chi connectivity index (χ0n) is 10.6. The Kier molecular flexibility index (Phi) is 4.85. The smallest absolute Gasteiger partial charge is 0.258 e. The average Bonchev–Trinajstić information content (AvgIpc) is 2.44. The number of hydrogen-bond acceptors (Lipinski definition) is 2. The maximum absolute atomic E-state index is 10.7. The van der Waals surface area contributed by atoms with Crippen molar-refractivity contribution in [2.24, 2.45) is 0 Å². The van der Waals surface area contributed by atoms with E-state index in [1.165, 1.54) is 6.07 Å². The summed E-state index contributed by atoms with van der Waals surface area (Å²) in [6.45, 7) is 0. The van der Waals surface area contributed by atoms with E-state index >= 15 is 0 Å². The summed E-state index contributed by atoms with van der Waals surface area (Å²) in [5.74, 6) is 0. The molecule has 0 aliphatic rings. The highest BCUT2D eigenvalue weighted by Gasteiger charge is 2.02. The molecule has 2 aromatic rings.